The van der Waals surface area contributed by atoms with Crippen molar-refractivity contribution >= 4 is 16.8 Å². The maximum absolute atomic E-state index is 5.14. The lowest BCUT2D eigenvalue weighted by Crippen LogP contribution is -2.55. The summed E-state index contributed by atoms with van der Waals surface area (Å²) >= 11 is 1.89. The molecule has 0 aromatic heterocycles. The van der Waals surface area contributed by atoms with Crippen molar-refractivity contribution in [1.82, 2.24) is 5.32 Å². The topological polar surface area (TPSA) is 24.4 Å². The molecule has 1 heterocycles. The van der Waals surface area contributed by atoms with E-state index >= 15 is 0 Å². The molecule has 2 spiro atoms. The zero-order valence-electron chi connectivity index (χ0n) is 10.9. The smallest absolute Gasteiger partial charge is 0.112 e. The summed E-state index contributed by atoms with van der Waals surface area (Å²) in [5, 5.41) is 5.41. The number of nitrogens with one attached hydrogen (secondary N) is 1. The first-order chi connectivity index (χ1) is 8.29. The Kier molecular flexibility index (Phi) is 3.24. The Labute approximate surface area is 109 Å². The van der Waals surface area contributed by atoms with Crippen LogP contribution in [-0.4, -0.2) is 22.5 Å². The number of aliphatic imine (C=N–C) groups is 1. The van der Waals surface area contributed by atoms with E-state index in [4.69, 9.17) is 4.99 Å². The van der Waals surface area contributed by atoms with Gasteiger partial charge in [-0.25, -0.2) is 0 Å². The van der Waals surface area contributed by atoms with Crippen molar-refractivity contribution in [3.63, 3.8) is 0 Å². The van der Waals surface area contributed by atoms with Crippen molar-refractivity contribution in [3.8, 4) is 0 Å². The molecule has 0 saturated heterocycles. The van der Waals surface area contributed by atoms with Crippen LogP contribution in [0.15, 0.2) is 4.99 Å². The Balaban J connectivity index is 1.85. The fourth-order valence-electron chi connectivity index (χ4n) is 3.94. The molecule has 0 unspecified atom stereocenters. The number of rotatable bonds is 0. The Morgan fingerprint density at radius 3 is 2.12 bits per heavy atom. The molecule has 2 fully saturated rings. The van der Waals surface area contributed by atoms with E-state index in [9.17, 15) is 0 Å². The molecule has 0 aromatic carbocycles. The van der Waals surface area contributed by atoms with Gasteiger partial charge in [0, 0.05) is 0 Å². The third-order valence-electron chi connectivity index (χ3n) is 4.78. The van der Waals surface area contributed by atoms with Crippen molar-refractivity contribution in [2.24, 2.45) is 4.99 Å². The highest BCUT2D eigenvalue weighted by atomic mass is 32.2. The molecule has 0 bridgehead atoms. The molecule has 1 aliphatic heterocycles. The lowest BCUT2D eigenvalue weighted by atomic mass is 9.81. The number of thioether (sulfide) groups is 1. The standard InChI is InChI=1S/C14H24N2S/c1-17-12-13(8-4-2-5-9-13)16-14(15-12)10-6-3-7-11-14/h16H,2-11H2,1H3. The summed E-state index contributed by atoms with van der Waals surface area (Å²) in [7, 11) is 0. The lowest BCUT2D eigenvalue weighted by molar-refractivity contribution is 0.194. The zero-order chi connectivity index (χ0) is 11.8. The number of hydrogen-bond acceptors (Lipinski definition) is 3. The van der Waals surface area contributed by atoms with Crippen LogP contribution < -0.4 is 5.32 Å². The fourth-order valence-corrected chi connectivity index (χ4v) is 4.85. The van der Waals surface area contributed by atoms with Gasteiger partial charge in [0.05, 0.1) is 10.6 Å². The molecule has 96 valence electrons. The molecule has 0 aromatic rings. The van der Waals surface area contributed by atoms with Crippen LogP contribution in [0.5, 0.6) is 0 Å². The van der Waals surface area contributed by atoms with Crippen molar-refractivity contribution in [2.75, 3.05) is 6.26 Å². The molecule has 3 rings (SSSR count). The Morgan fingerprint density at radius 1 is 0.941 bits per heavy atom. The molecule has 3 aliphatic rings. The summed E-state index contributed by atoms with van der Waals surface area (Å²) in [5.41, 5.74) is 0.406. The molecule has 0 radical (unpaired) electrons. The summed E-state index contributed by atoms with van der Waals surface area (Å²) in [6, 6.07) is 0. The zero-order valence-corrected chi connectivity index (χ0v) is 11.7. The average Bonchev–Trinajstić information content (AvgIpc) is 2.65. The van der Waals surface area contributed by atoms with Crippen LogP contribution in [0.25, 0.3) is 0 Å². The molecule has 2 nitrogen and oxygen atoms in total. The van der Waals surface area contributed by atoms with Gasteiger partial charge in [0.25, 0.3) is 0 Å². The monoisotopic (exact) mass is 252 g/mol. The van der Waals surface area contributed by atoms with Gasteiger partial charge in [0.1, 0.15) is 5.66 Å². The average molecular weight is 252 g/mol. The van der Waals surface area contributed by atoms with E-state index < -0.39 is 0 Å². The summed E-state index contributed by atoms with van der Waals surface area (Å²) in [6.07, 6.45) is 15.6. The largest absolute Gasteiger partial charge is 0.282 e. The van der Waals surface area contributed by atoms with Crippen LogP contribution in [0, 0.1) is 0 Å². The van der Waals surface area contributed by atoms with Crippen LogP contribution in [-0.2, 0) is 0 Å². The van der Waals surface area contributed by atoms with Gasteiger partial charge in [-0.05, 0) is 44.8 Å². The highest BCUT2D eigenvalue weighted by Gasteiger charge is 2.49. The molecule has 1 N–H and O–H groups in total. The second-order valence-electron chi connectivity index (χ2n) is 5.98. The van der Waals surface area contributed by atoms with Crippen LogP contribution >= 0.6 is 11.8 Å². The summed E-state index contributed by atoms with van der Waals surface area (Å²) < 4.78 is 0. The van der Waals surface area contributed by atoms with E-state index in [2.05, 4.69) is 11.6 Å². The Hall–Kier alpha value is -0.0200. The van der Waals surface area contributed by atoms with E-state index in [0.29, 0.717) is 0 Å². The van der Waals surface area contributed by atoms with Gasteiger partial charge in [-0.3, -0.25) is 10.3 Å². The first-order valence-electron chi connectivity index (χ1n) is 7.22. The molecule has 0 atom stereocenters. The molecule has 0 amide bonds. The third-order valence-corrected chi connectivity index (χ3v) is 5.65. The van der Waals surface area contributed by atoms with Gasteiger partial charge in [-0.2, -0.15) is 0 Å². The van der Waals surface area contributed by atoms with E-state index in [1.807, 2.05) is 11.8 Å². The Bertz CT molecular complexity index is 312. The van der Waals surface area contributed by atoms with Gasteiger partial charge >= 0.3 is 0 Å². The van der Waals surface area contributed by atoms with Crippen molar-refractivity contribution in [1.29, 1.82) is 0 Å². The third kappa shape index (κ3) is 2.06. The maximum atomic E-state index is 5.14. The van der Waals surface area contributed by atoms with Crippen LogP contribution in [0.1, 0.15) is 64.2 Å². The molecule has 3 heteroatoms. The number of nitrogens with zero attached hydrogens (tertiary/aromatic N) is 1. The molecule has 17 heavy (non-hydrogen) atoms. The Morgan fingerprint density at radius 2 is 1.53 bits per heavy atom. The highest BCUT2D eigenvalue weighted by molar-refractivity contribution is 8.13. The van der Waals surface area contributed by atoms with Gasteiger partial charge < -0.3 is 0 Å². The van der Waals surface area contributed by atoms with Crippen molar-refractivity contribution in [3.05, 3.63) is 0 Å². The predicted octanol–water partition coefficient (Wildman–Crippen LogP) is 3.71. The maximum Gasteiger partial charge on any atom is 0.112 e. The number of hydrogen-bond donors (Lipinski definition) is 1. The lowest BCUT2D eigenvalue weighted by Gasteiger charge is -2.40. The van der Waals surface area contributed by atoms with Gasteiger partial charge in [-0.1, -0.05) is 25.7 Å². The minimum atomic E-state index is 0.133. The molecule has 2 aliphatic carbocycles. The van der Waals surface area contributed by atoms with E-state index in [1.165, 1.54) is 69.3 Å². The van der Waals surface area contributed by atoms with Crippen LogP contribution in [0.2, 0.25) is 0 Å². The van der Waals surface area contributed by atoms with Crippen LogP contribution in [0.3, 0.4) is 0 Å². The minimum Gasteiger partial charge on any atom is -0.282 e. The normalized spacial score (nSPS) is 30.8. The predicted molar refractivity (Wildman–Crippen MR) is 75.7 cm³/mol. The van der Waals surface area contributed by atoms with Crippen molar-refractivity contribution in [2.45, 2.75) is 75.4 Å². The highest BCUT2D eigenvalue weighted by Crippen LogP contribution is 2.44. The quantitative estimate of drug-likeness (QED) is 0.710. The fraction of sp³-hybridized carbons (Fsp3) is 0.929. The molecular weight excluding hydrogens is 228 g/mol. The van der Waals surface area contributed by atoms with Crippen LogP contribution in [0.4, 0.5) is 0 Å². The summed E-state index contributed by atoms with van der Waals surface area (Å²) in [6.45, 7) is 0. The van der Waals surface area contributed by atoms with Gasteiger partial charge in [-0.15, -0.1) is 11.8 Å². The first kappa shape index (κ1) is 12.0. The second kappa shape index (κ2) is 4.58. The van der Waals surface area contributed by atoms with E-state index in [-0.39, 0.29) is 11.2 Å². The molecule has 2 saturated carbocycles. The van der Waals surface area contributed by atoms with Crippen molar-refractivity contribution < 1.29 is 0 Å². The van der Waals surface area contributed by atoms with E-state index in [1.54, 1.807) is 0 Å². The summed E-state index contributed by atoms with van der Waals surface area (Å²) in [4.78, 5) is 5.14. The van der Waals surface area contributed by atoms with Gasteiger partial charge in [0.2, 0.25) is 0 Å². The SMILES string of the molecule is CSC1=NC2(CCCCC2)NC12CCCCC2. The first-order valence-corrected chi connectivity index (χ1v) is 8.45. The van der Waals surface area contributed by atoms with Gasteiger partial charge in [0.15, 0.2) is 0 Å². The summed E-state index contributed by atoms with van der Waals surface area (Å²) in [5.74, 6) is 0. The molecular formula is C14H24N2S. The second-order valence-corrected chi connectivity index (χ2v) is 6.78. The minimum absolute atomic E-state index is 0.133. The van der Waals surface area contributed by atoms with E-state index in [0.717, 1.165) is 0 Å².